The van der Waals surface area contributed by atoms with Crippen molar-refractivity contribution in [1.82, 2.24) is 20.1 Å². The standard InChI is InChI=1S/C17H21FN4O2/c1-12(17-21-20-15-5-3-2-4-10-22(15)17)19-16(23)11-24-14-8-6-13(18)7-9-14/h6-9,12H,2-5,10-11H2,1H3,(H,19,23)/t12-/m1/s1. The monoisotopic (exact) mass is 332 g/mol. The first kappa shape index (κ1) is 16.4. The summed E-state index contributed by atoms with van der Waals surface area (Å²) in [5.74, 6) is 1.63. The predicted octanol–water partition coefficient (Wildman–Crippen LogP) is 2.40. The maximum Gasteiger partial charge on any atom is 0.258 e. The van der Waals surface area contributed by atoms with Gasteiger partial charge in [-0.05, 0) is 44.0 Å². The molecule has 2 heterocycles. The lowest BCUT2D eigenvalue weighted by molar-refractivity contribution is -0.123. The van der Waals surface area contributed by atoms with Crippen molar-refractivity contribution in [2.24, 2.45) is 0 Å². The predicted molar refractivity (Wildman–Crippen MR) is 86.0 cm³/mol. The first-order valence-electron chi connectivity index (χ1n) is 8.23. The summed E-state index contributed by atoms with van der Waals surface area (Å²) in [5.41, 5.74) is 0. The molecule has 0 fully saturated rings. The number of halogens is 1. The smallest absolute Gasteiger partial charge is 0.258 e. The number of ether oxygens (including phenoxy) is 1. The third-order valence-corrected chi connectivity index (χ3v) is 4.09. The molecular weight excluding hydrogens is 311 g/mol. The van der Waals surface area contributed by atoms with E-state index in [9.17, 15) is 9.18 Å². The number of nitrogens with one attached hydrogen (secondary N) is 1. The zero-order valence-corrected chi connectivity index (χ0v) is 13.7. The van der Waals surface area contributed by atoms with Gasteiger partial charge in [-0.15, -0.1) is 10.2 Å². The zero-order valence-electron chi connectivity index (χ0n) is 13.7. The van der Waals surface area contributed by atoms with Crippen molar-refractivity contribution in [3.63, 3.8) is 0 Å². The van der Waals surface area contributed by atoms with Gasteiger partial charge in [-0.1, -0.05) is 6.42 Å². The third kappa shape index (κ3) is 3.90. The Balaban J connectivity index is 1.56. The molecule has 0 saturated carbocycles. The van der Waals surface area contributed by atoms with Crippen LogP contribution in [0.2, 0.25) is 0 Å². The second-order valence-corrected chi connectivity index (χ2v) is 5.97. The topological polar surface area (TPSA) is 69.0 Å². The molecule has 0 aliphatic carbocycles. The van der Waals surface area contributed by atoms with Crippen molar-refractivity contribution in [3.8, 4) is 5.75 Å². The molecule has 1 aromatic carbocycles. The van der Waals surface area contributed by atoms with E-state index in [2.05, 4.69) is 20.1 Å². The summed E-state index contributed by atoms with van der Waals surface area (Å²) in [6.45, 7) is 2.65. The van der Waals surface area contributed by atoms with Crippen LogP contribution in [0, 0.1) is 5.82 Å². The van der Waals surface area contributed by atoms with Crippen LogP contribution in [0.3, 0.4) is 0 Å². The third-order valence-electron chi connectivity index (χ3n) is 4.09. The van der Waals surface area contributed by atoms with Crippen LogP contribution in [0.5, 0.6) is 5.75 Å². The summed E-state index contributed by atoms with van der Waals surface area (Å²) in [6.07, 6.45) is 4.35. The highest BCUT2D eigenvalue weighted by atomic mass is 19.1. The maximum atomic E-state index is 12.8. The Morgan fingerprint density at radius 1 is 1.29 bits per heavy atom. The Labute approximate surface area is 140 Å². The Morgan fingerprint density at radius 3 is 2.88 bits per heavy atom. The van der Waals surface area contributed by atoms with Gasteiger partial charge in [0.15, 0.2) is 12.4 Å². The summed E-state index contributed by atoms with van der Waals surface area (Å²) >= 11 is 0. The van der Waals surface area contributed by atoms with Gasteiger partial charge in [0.1, 0.15) is 17.4 Å². The van der Waals surface area contributed by atoms with E-state index >= 15 is 0 Å². The molecule has 128 valence electrons. The molecule has 1 N–H and O–H groups in total. The van der Waals surface area contributed by atoms with Gasteiger partial charge in [-0.2, -0.15) is 0 Å². The molecule has 1 aliphatic rings. The number of aryl methyl sites for hydroxylation is 1. The SMILES string of the molecule is C[C@@H](NC(=O)COc1ccc(F)cc1)c1nnc2n1CCCCC2. The fourth-order valence-corrected chi connectivity index (χ4v) is 2.86. The van der Waals surface area contributed by atoms with Gasteiger partial charge in [0.05, 0.1) is 6.04 Å². The molecule has 1 amide bonds. The first-order chi connectivity index (χ1) is 11.6. The molecule has 7 heteroatoms. The fraction of sp³-hybridized carbons (Fsp3) is 0.471. The van der Waals surface area contributed by atoms with Gasteiger partial charge in [0.2, 0.25) is 0 Å². The number of carbonyl (C=O) groups excluding carboxylic acids is 1. The highest BCUT2D eigenvalue weighted by Crippen LogP contribution is 2.18. The number of amides is 1. The number of benzene rings is 1. The van der Waals surface area contributed by atoms with E-state index in [1.54, 1.807) is 0 Å². The van der Waals surface area contributed by atoms with Crippen molar-refractivity contribution in [3.05, 3.63) is 41.7 Å². The zero-order chi connectivity index (χ0) is 16.9. The van der Waals surface area contributed by atoms with Crippen molar-refractivity contribution in [2.75, 3.05) is 6.61 Å². The summed E-state index contributed by atoms with van der Waals surface area (Å²) < 4.78 is 20.3. The normalized spacial score (nSPS) is 15.2. The van der Waals surface area contributed by atoms with Crippen molar-refractivity contribution < 1.29 is 13.9 Å². The second-order valence-electron chi connectivity index (χ2n) is 5.97. The molecule has 6 nitrogen and oxygen atoms in total. The van der Waals surface area contributed by atoms with Gasteiger partial charge in [0.25, 0.3) is 5.91 Å². The highest BCUT2D eigenvalue weighted by Gasteiger charge is 2.20. The molecule has 0 radical (unpaired) electrons. The van der Waals surface area contributed by atoms with Crippen LogP contribution in [-0.2, 0) is 17.8 Å². The van der Waals surface area contributed by atoms with Crippen molar-refractivity contribution >= 4 is 5.91 Å². The lowest BCUT2D eigenvalue weighted by Crippen LogP contribution is -2.32. The molecule has 1 aliphatic heterocycles. The molecule has 0 unspecified atom stereocenters. The van der Waals surface area contributed by atoms with Crippen LogP contribution < -0.4 is 10.1 Å². The molecule has 3 rings (SSSR count). The Bertz CT molecular complexity index is 699. The summed E-state index contributed by atoms with van der Waals surface area (Å²) in [4.78, 5) is 12.1. The largest absolute Gasteiger partial charge is 0.484 e. The number of rotatable bonds is 5. The van der Waals surface area contributed by atoms with Crippen molar-refractivity contribution in [2.45, 2.75) is 45.2 Å². The lowest BCUT2D eigenvalue weighted by Gasteiger charge is -2.15. The van der Waals surface area contributed by atoms with Gasteiger partial charge < -0.3 is 14.6 Å². The Morgan fingerprint density at radius 2 is 2.08 bits per heavy atom. The molecule has 0 saturated heterocycles. The summed E-state index contributed by atoms with van der Waals surface area (Å²) in [7, 11) is 0. The Hall–Kier alpha value is -2.44. The number of aromatic nitrogens is 3. The first-order valence-corrected chi connectivity index (χ1v) is 8.23. The minimum Gasteiger partial charge on any atom is -0.484 e. The van der Waals surface area contributed by atoms with Gasteiger partial charge in [-0.25, -0.2) is 4.39 Å². The van der Waals surface area contributed by atoms with Gasteiger partial charge in [0, 0.05) is 13.0 Å². The number of hydrogen-bond donors (Lipinski definition) is 1. The highest BCUT2D eigenvalue weighted by molar-refractivity contribution is 5.77. The van der Waals surface area contributed by atoms with Crippen LogP contribution in [0.15, 0.2) is 24.3 Å². The number of nitrogens with zero attached hydrogens (tertiary/aromatic N) is 3. The van der Waals surface area contributed by atoms with E-state index < -0.39 is 0 Å². The minimum atomic E-state index is -0.340. The van der Waals surface area contributed by atoms with Gasteiger partial charge >= 0.3 is 0 Å². The van der Waals surface area contributed by atoms with Gasteiger partial charge in [-0.3, -0.25) is 4.79 Å². The molecule has 2 aromatic rings. The van der Waals surface area contributed by atoms with Crippen molar-refractivity contribution in [1.29, 1.82) is 0 Å². The number of fused-ring (bicyclic) bond motifs is 1. The lowest BCUT2D eigenvalue weighted by atomic mass is 10.2. The average molecular weight is 332 g/mol. The average Bonchev–Trinajstić information content (AvgIpc) is 2.83. The minimum absolute atomic E-state index is 0.128. The van der Waals surface area contributed by atoms with Crippen LogP contribution >= 0.6 is 0 Å². The Kier molecular flexibility index (Phi) is 5.08. The maximum absolute atomic E-state index is 12.8. The number of hydrogen-bond acceptors (Lipinski definition) is 4. The van der Waals surface area contributed by atoms with Crippen LogP contribution in [-0.4, -0.2) is 27.3 Å². The van der Waals surface area contributed by atoms with E-state index in [1.807, 2.05) is 6.92 Å². The van der Waals surface area contributed by atoms with E-state index in [1.165, 1.54) is 30.7 Å². The quantitative estimate of drug-likeness (QED) is 0.913. The van der Waals surface area contributed by atoms with Crippen LogP contribution in [0.1, 0.15) is 43.9 Å². The van der Waals surface area contributed by atoms with Crippen LogP contribution in [0.25, 0.3) is 0 Å². The molecular formula is C17H21FN4O2. The summed E-state index contributed by atoms with van der Waals surface area (Å²) in [6, 6.07) is 5.33. The molecule has 0 spiro atoms. The van der Waals surface area contributed by atoms with E-state index in [0.717, 1.165) is 37.5 Å². The van der Waals surface area contributed by atoms with E-state index in [0.29, 0.717) is 5.75 Å². The van der Waals surface area contributed by atoms with E-state index in [4.69, 9.17) is 4.74 Å². The molecule has 0 bridgehead atoms. The molecule has 24 heavy (non-hydrogen) atoms. The summed E-state index contributed by atoms with van der Waals surface area (Å²) in [5, 5.41) is 11.4. The molecule has 1 atom stereocenters. The number of carbonyl (C=O) groups is 1. The van der Waals surface area contributed by atoms with Crippen LogP contribution in [0.4, 0.5) is 4.39 Å². The second kappa shape index (κ2) is 7.42. The fourth-order valence-electron chi connectivity index (χ4n) is 2.86. The molecule has 1 aromatic heterocycles. The van der Waals surface area contributed by atoms with E-state index in [-0.39, 0.29) is 24.4 Å².